The molecule has 0 atom stereocenters. The molecule has 0 fully saturated rings. The van der Waals surface area contributed by atoms with Gasteiger partial charge in [0.1, 0.15) is 12.7 Å². The number of aryl methyl sites for hydroxylation is 3. The van der Waals surface area contributed by atoms with Crippen molar-refractivity contribution in [1.82, 2.24) is 19.7 Å². The Bertz CT molecular complexity index is 711. The lowest BCUT2D eigenvalue weighted by molar-refractivity contribution is 0.686. The summed E-state index contributed by atoms with van der Waals surface area (Å²) in [4.78, 5) is 4.11. The third-order valence-electron chi connectivity index (χ3n) is 3.06. The highest BCUT2D eigenvalue weighted by Crippen LogP contribution is 2.25. The summed E-state index contributed by atoms with van der Waals surface area (Å²) in [7, 11) is 1.62. The lowest BCUT2D eigenvalue weighted by atomic mass is 10.1. The molecule has 2 rings (SSSR count). The molecule has 102 valence electrons. The molecule has 0 bridgehead atoms. The number of pyridine rings is 1. The first-order valence-electron chi connectivity index (χ1n) is 5.70. The molecule has 0 aromatic carbocycles. The van der Waals surface area contributed by atoms with Gasteiger partial charge in [0.2, 0.25) is 0 Å². The van der Waals surface area contributed by atoms with Crippen LogP contribution in [0.2, 0.25) is 0 Å². The van der Waals surface area contributed by atoms with Crippen LogP contribution >= 0.6 is 15.9 Å². The van der Waals surface area contributed by atoms with Gasteiger partial charge in [0.25, 0.3) is 0 Å². The number of H-pyrrole nitrogens is 1. The fourth-order valence-corrected chi connectivity index (χ4v) is 2.52. The number of hydrogen-bond donors (Lipinski definition) is 1. The SMILES string of the molecule is Cc1cc(Br)c(C)nc1-c1[nH]n(C)c(=[N+]([O-])[O-])c1C. The molecule has 0 aliphatic carbocycles. The molecular formula is C12H14BrN4O2-. The Morgan fingerprint density at radius 1 is 1.32 bits per heavy atom. The van der Waals surface area contributed by atoms with E-state index in [0.717, 1.165) is 21.4 Å². The van der Waals surface area contributed by atoms with Crippen molar-refractivity contribution in [3.05, 3.63) is 43.3 Å². The van der Waals surface area contributed by atoms with Gasteiger partial charge in [0.05, 0.1) is 17.0 Å². The van der Waals surface area contributed by atoms with Crippen molar-refractivity contribution in [2.45, 2.75) is 20.8 Å². The highest BCUT2D eigenvalue weighted by atomic mass is 79.9. The van der Waals surface area contributed by atoms with Gasteiger partial charge in [0, 0.05) is 4.47 Å². The predicted molar refractivity (Wildman–Crippen MR) is 76.9 cm³/mol. The van der Waals surface area contributed by atoms with Crippen LogP contribution in [0.25, 0.3) is 11.4 Å². The Morgan fingerprint density at radius 3 is 2.47 bits per heavy atom. The Balaban J connectivity index is 2.78. The van der Waals surface area contributed by atoms with Crippen LogP contribution in [0, 0.1) is 31.2 Å². The standard InChI is InChI=1S/C12H14BrN4O2/c1-6-5-9(13)8(3)14-10(6)11-7(2)12(17(18)19)16(4)15-11/h5,15H,1-4H3/q-1. The average molecular weight is 326 g/mol. The highest BCUT2D eigenvalue weighted by Gasteiger charge is 2.17. The second-order valence-electron chi connectivity index (χ2n) is 4.47. The Hall–Kier alpha value is -1.76. The molecule has 0 radical (unpaired) electrons. The van der Waals surface area contributed by atoms with Gasteiger partial charge >= 0.3 is 5.49 Å². The number of halogens is 1. The van der Waals surface area contributed by atoms with E-state index in [1.54, 1.807) is 14.0 Å². The monoisotopic (exact) mass is 325 g/mol. The minimum absolute atomic E-state index is 0.0526. The Kier molecular flexibility index (Phi) is 3.40. The van der Waals surface area contributed by atoms with E-state index in [4.69, 9.17) is 0 Å². The molecular weight excluding hydrogens is 312 g/mol. The molecule has 0 aliphatic heterocycles. The van der Waals surface area contributed by atoms with Crippen molar-refractivity contribution in [3.63, 3.8) is 0 Å². The van der Waals surface area contributed by atoms with Gasteiger partial charge in [-0.25, -0.2) is 10.1 Å². The van der Waals surface area contributed by atoms with Crippen LogP contribution in [0.1, 0.15) is 16.8 Å². The topological polar surface area (TPSA) is 82.7 Å². The van der Waals surface area contributed by atoms with Crippen LogP contribution in [0.15, 0.2) is 10.5 Å². The average Bonchev–Trinajstić information content (AvgIpc) is 2.59. The van der Waals surface area contributed by atoms with Crippen molar-refractivity contribution in [2.75, 3.05) is 0 Å². The third-order valence-corrected chi connectivity index (χ3v) is 3.86. The fraction of sp³-hybridized carbons (Fsp3) is 0.333. The van der Waals surface area contributed by atoms with Crippen LogP contribution in [-0.2, 0) is 7.05 Å². The van der Waals surface area contributed by atoms with Crippen molar-refractivity contribution in [3.8, 4) is 11.4 Å². The first-order chi connectivity index (χ1) is 8.82. The summed E-state index contributed by atoms with van der Waals surface area (Å²) < 4.78 is 2.33. The molecule has 6 nitrogen and oxygen atoms in total. The molecule has 0 spiro atoms. The van der Waals surface area contributed by atoms with Crippen LogP contribution in [-0.4, -0.2) is 14.8 Å². The zero-order valence-corrected chi connectivity index (χ0v) is 12.7. The molecule has 0 amide bonds. The predicted octanol–water partition coefficient (Wildman–Crippen LogP) is 1.87. The first kappa shape index (κ1) is 13.7. The summed E-state index contributed by atoms with van der Waals surface area (Å²) in [5.41, 5.74) is 3.86. The number of aromatic amines is 1. The van der Waals surface area contributed by atoms with E-state index in [-0.39, 0.29) is 5.49 Å². The lowest BCUT2D eigenvalue weighted by Crippen LogP contribution is -2.28. The molecule has 19 heavy (non-hydrogen) atoms. The number of nitrogens with one attached hydrogen (secondary N) is 1. The van der Waals surface area contributed by atoms with Gasteiger partial charge in [0.15, 0.2) is 0 Å². The normalized spacial score (nSPS) is 10.8. The number of rotatable bonds is 1. The summed E-state index contributed by atoms with van der Waals surface area (Å²) in [5, 5.41) is 25.1. The zero-order chi connectivity index (χ0) is 14.3. The molecule has 2 aromatic heterocycles. The minimum atomic E-state index is -0.392. The summed E-state index contributed by atoms with van der Waals surface area (Å²) in [5.74, 6) is 0. The third kappa shape index (κ3) is 2.25. The largest absolute Gasteiger partial charge is 0.712 e. The minimum Gasteiger partial charge on any atom is -0.712 e. The van der Waals surface area contributed by atoms with Gasteiger partial charge in [-0.2, -0.15) is 4.68 Å². The molecule has 0 saturated carbocycles. The second-order valence-corrected chi connectivity index (χ2v) is 5.33. The van der Waals surface area contributed by atoms with Gasteiger partial charge in [-0.3, -0.25) is 4.90 Å². The number of hydrogen-bond acceptors (Lipinski definition) is 3. The van der Waals surface area contributed by atoms with E-state index >= 15 is 0 Å². The first-order valence-corrected chi connectivity index (χ1v) is 6.49. The van der Waals surface area contributed by atoms with E-state index < -0.39 is 4.90 Å². The molecule has 0 unspecified atom stereocenters. The van der Waals surface area contributed by atoms with E-state index in [1.165, 1.54) is 4.68 Å². The maximum Gasteiger partial charge on any atom is 0.306 e. The van der Waals surface area contributed by atoms with Crippen molar-refractivity contribution in [1.29, 1.82) is 0 Å². The van der Waals surface area contributed by atoms with Crippen LogP contribution in [0.3, 0.4) is 0 Å². The zero-order valence-electron chi connectivity index (χ0n) is 11.1. The molecule has 2 aromatic rings. The van der Waals surface area contributed by atoms with Crippen molar-refractivity contribution in [2.24, 2.45) is 7.05 Å². The molecule has 1 N–H and O–H groups in total. The summed E-state index contributed by atoms with van der Waals surface area (Å²) >= 11 is 3.43. The van der Waals surface area contributed by atoms with Crippen LogP contribution < -0.4 is 10.4 Å². The molecule has 2 heterocycles. The van der Waals surface area contributed by atoms with Gasteiger partial charge in [-0.05, 0) is 48.3 Å². The van der Waals surface area contributed by atoms with E-state index in [9.17, 15) is 10.4 Å². The quantitative estimate of drug-likeness (QED) is 0.812. The smallest absolute Gasteiger partial charge is 0.306 e. The van der Waals surface area contributed by atoms with Crippen molar-refractivity contribution >= 4 is 15.9 Å². The van der Waals surface area contributed by atoms with Gasteiger partial charge < -0.3 is 10.4 Å². The van der Waals surface area contributed by atoms with Crippen molar-refractivity contribution < 1.29 is 0 Å². The Labute approximate surface area is 118 Å². The van der Waals surface area contributed by atoms with E-state index in [2.05, 4.69) is 26.0 Å². The van der Waals surface area contributed by atoms with E-state index in [0.29, 0.717) is 11.3 Å². The summed E-state index contributed by atoms with van der Waals surface area (Å²) in [6.07, 6.45) is 0. The maximum atomic E-state index is 11.0. The lowest BCUT2D eigenvalue weighted by Gasteiger charge is -2.09. The summed E-state index contributed by atoms with van der Waals surface area (Å²) in [6.45, 7) is 5.54. The molecule has 7 heteroatoms. The van der Waals surface area contributed by atoms with Crippen LogP contribution in [0.5, 0.6) is 0 Å². The van der Waals surface area contributed by atoms with E-state index in [1.807, 2.05) is 19.9 Å². The van der Waals surface area contributed by atoms with Crippen LogP contribution in [0.4, 0.5) is 0 Å². The Morgan fingerprint density at radius 2 is 1.95 bits per heavy atom. The number of nitrogens with zero attached hydrogens (tertiary/aromatic N) is 3. The second kappa shape index (κ2) is 4.73. The maximum absolute atomic E-state index is 11.0. The van der Waals surface area contributed by atoms with Gasteiger partial charge in [-0.15, -0.1) is 0 Å². The van der Waals surface area contributed by atoms with Gasteiger partial charge in [-0.1, -0.05) is 0 Å². The highest BCUT2D eigenvalue weighted by molar-refractivity contribution is 9.10. The fourth-order valence-electron chi connectivity index (χ4n) is 2.08. The molecule has 0 saturated heterocycles. The summed E-state index contributed by atoms with van der Waals surface area (Å²) in [6, 6.07) is 1.96. The number of aromatic nitrogens is 3. The molecule has 0 aliphatic rings.